The predicted molar refractivity (Wildman–Crippen MR) is 136 cm³/mol. The van der Waals surface area contributed by atoms with E-state index in [1.165, 1.54) is 18.9 Å². The minimum Gasteiger partial charge on any atom is -0.466 e. The van der Waals surface area contributed by atoms with Gasteiger partial charge in [0.05, 0.1) is 36.9 Å². The number of nitrogens with one attached hydrogen (secondary N) is 1. The Morgan fingerprint density at radius 1 is 1.18 bits per heavy atom. The number of methoxy groups -OCH3 is 1. The Kier molecular flexibility index (Phi) is 7.44. The van der Waals surface area contributed by atoms with Gasteiger partial charge in [-0.1, -0.05) is 78.8 Å². The molecular formula is C26H26ClN3O3S. The number of halogens is 1. The zero-order valence-electron chi connectivity index (χ0n) is 19.2. The van der Waals surface area contributed by atoms with Crippen LogP contribution in [0.2, 0.25) is 5.02 Å². The molecule has 2 aromatic carbocycles. The van der Waals surface area contributed by atoms with Gasteiger partial charge in [0, 0.05) is 10.7 Å². The van der Waals surface area contributed by atoms with Crippen LogP contribution in [0.15, 0.2) is 82.0 Å². The van der Waals surface area contributed by atoms with Crippen molar-refractivity contribution >= 4 is 40.4 Å². The third-order valence-corrected chi connectivity index (χ3v) is 7.08. The lowest BCUT2D eigenvalue weighted by molar-refractivity contribution is -0.136. The van der Waals surface area contributed by atoms with E-state index in [-0.39, 0.29) is 18.4 Å². The maximum atomic E-state index is 13.0. The van der Waals surface area contributed by atoms with Crippen LogP contribution in [0.5, 0.6) is 0 Å². The van der Waals surface area contributed by atoms with Crippen LogP contribution in [0.3, 0.4) is 0 Å². The molecule has 0 saturated carbocycles. The number of benzene rings is 2. The molecule has 0 saturated heterocycles. The van der Waals surface area contributed by atoms with Gasteiger partial charge in [-0.2, -0.15) is 0 Å². The third-order valence-electron chi connectivity index (χ3n) is 5.85. The molecule has 1 amide bonds. The van der Waals surface area contributed by atoms with Gasteiger partial charge in [-0.3, -0.25) is 4.79 Å². The molecule has 0 bridgehead atoms. The number of carbonyl (C=O) groups excluding carboxylic acids is 2. The van der Waals surface area contributed by atoms with Gasteiger partial charge in [-0.25, -0.2) is 9.79 Å². The Morgan fingerprint density at radius 3 is 2.56 bits per heavy atom. The summed E-state index contributed by atoms with van der Waals surface area (Å²) >= 11 is 8.04. The fraction of sp³-hybridized carbons (Fsp3) is 0.269. The largest absolute Gasteiger partial charge is 0.466 e. The summed E-state index contributed by atoms with van der Waals surface area (Å²) in [7, 11) is 1.36. The van der Waals surface area contributed by atoms with Crippen LogP contribution < -0.4 is 5.32 Å². The lowest BCUT2D eigenvalue weighted by Crippen LogP contribution is -2.38. The van der Waals surface area contributed by atoms with Gasteiger partial charge in [0.25, 0.3) is 0 Å². The van der Waals surface area contributed by atoms with E-state index in [4.69, 9.17) is 21.3 Å². The molecular weight excluding hydrogens is 470 g/mol. The molecule has 2 aromatic rings. The number of ether oxygens (including phenoxy) is 1. The van der Waals surface area contributed by atoms with Crippen molar-refractivity contribution in [2.24, 2.45) is 4.99 Å². The van der Waals surface area contributed by atoms with Crippen molar-refractivity contribution in [3.05, 3.63) is 93.1 Å². The van der Waals surface area contributed by atoms with Crippen molar-refractivity contribution in [3.8, 4) is 0 Å². The van der Waals surface area contributed by atoms with E-state index in [2.05, 4.69) is 5.32 Å². The van der Waals surface area contributed by atoms with Crippen LogP contribution in [0, 0.1) is 0 Å². The van der Waals surface area contributed by atoms with Crippen LogP contribution in [0.25, 0.3) is 0 Å². The highest BCUT2D eigenvalue weighted by atomic mass is 35.5. The second-order valence-electron chi connectivity index (χ2n) is 8.00. The van der Waals surface area contributed by atoms with Gasteiger partial charge < -0.3 is 15.0 Å². The lowest BCUT2D eigenvalue weighted by atomic mass is 9.92. The van der Waals surface area contributed by atoms with E-state index in [0.717, 1.165) is 16.8 Å². The zero-order valence-corrected chi connectivity index (χ0v) is 20.8. The summed E-state index contributed by atoms with van der Waals surface area (Å²) < 4.78 is 5.14. The highest BCUT2D eigenvalue weighted by Gasteiger charge is 2.42. The molecule has 0 aliphatic carbocycles. The molecule has 2 atom stereocenters. The molecule has 34 heavy (non-hydrogen) atoms. The number of fused-ring (bicyclic) bond motifs is 1. The minimum atomic E-state index is -0.538. The molecule has 8 heteroatoms. The van der Waals surface area contributed by atoms with Crippen molar-refractivity contribution in [3.63, 3.8) is 0 Å². The molecule has 0 aromatic heterocycles. The summed E-state index contributed by atoms with van der Waals surface area (Å²) in [5, 5.41) is 6.23. The van der Waals surface area contributed by atoms with Crippen molar-refractivity contribution in [1.29, 1.82) is 0 Å². The molecule has 6 nitrogen and oxygen atoms in total. The van der Waals surface area contributed by atoms with Crippen LogP contribution in [0.1, 0.15) is 49.9 Å². The Balaban J connectivity index is 1.66. The molecule has 176 valence electrons. The SMILES string of the molecule is CCC1=C(C(=O)OC)[C@@H](c2ccccc2Cl)N2C(CC(=O)N[C@H](C)c3ccccc3)=CSC2=N1. The maximum absolute atomic E-state index is 13.0. The molecule has 2 heterocycles. The third kappa shape index (κ3) is 4.76. The van der Waals surface area contributed by atoms with Crippen LogP contribution >= 0.6 is 23.4 Å². The van der Waals surface area contributed by atoms with Gasteiger partial charge in [0.2, 0.25) is 5.91 Å². The monoisotopic (exact) mass is 495 g/mol. The Morgan fingerprint density at radius 2 is 1.88 bits per heavy atom. The van der Waals surface area contributed by atoms with E-state index < -0.39 is 12.0 Å². The number of hydrogen-bond acceptors (Lipinski definition) is 6. The number of esters is 1. The van der Waals surface area contributed by atoms with Gasteiger partial charge in [-0.05, 0) is 35.9 Å². The molecule has 4 rings (SSSR count). The number of rotatable bonds is 7. The van der Waals surface area contributed by atoms with E-state index in [1.807, 2.05) is 72.7 Å². The number of carbonyl (C=O) groups is 2. The quantitative estimate of drug-likeness (QED) is 0.495. The van der Waals surface area contributed by atoms with Crippen molar-refractivity contribution in [2.75, 3.05) is 7.11 Å². The number of allylic oxidation sites excluding steroid dienone is 1. The number of hydrogen-bond donors (Lipinski definition) is 1. The number of aliphatic imine (C=N–C) groups is 1. The lowest BCUT2D eigenvalue weighted by Gasteiger charge is -2.37. The molecule has 2 aliphatic heterocycles. The van der Waals surface area contributed by atoms with Gasteiger partial charge in [0.1, 0.15) is 0 Å². The van der Waals surface area contributed by atoms with E-state index in [0.29, 0.717) is 27.9 Å². The predicted octanol–water partition coefficient (Wildman–Crippen LogP) is 5.75. The first-order chi connectivity index (χ1) is 16.4. The summed E-state index contributed by atoms with van der Waals surface area (Å²) in [4.78, 5) is 32.6. The highest BCUT2D eigenvalue weighted by Crippen LogP contribution is 2.46. The summed E-state index contributed by atoms with van der Waals surface area (Å²) in [6.07, 6.45) is 0.702. The minimum absolute atomic E-state index is 0.118. The number of amidine groups is 1. The summed E-state index contributed by atoms with van der Waals surface area (Å²) in [6.45, 7) is 3.91. The Bertz CT molecular complexity index is 1190. The van der Waals surface area contributed by atoms with Gasteiger partial charge in [0.15, 0.2) is 5.17 Å². The second kappa shape index (κ2) is 10.5. The molecule has 2 aliphatic rings. The van der Waals surface area contributed by atoms with Gasteiger partial charge >= 0.3 is 5.97 Å². The molecule has 0 fully saturated rings. The topological polar surface area (TPSA) is 71.0 Å². The summed E-state index contributed by atoms with van der Waals surface area (Å²) in [5.74, 6) is -0.574. The first-order valence-electron chi connectivity index (χ1n) is 11.1. The fourth-order valence-corrected chi connectivity index (χ4v) is 5.36. The molecule has 1 N–H and O–H groups in total. The van der Waals surface area contributed by atoms with Crippen LogP contribution in [-0.4, -0.2) is 29.1 Å². The Hall–Kier alpha value is -3.03. The van der Waals surface area contributed by atoms with E-state index in [9.17, 15) is 9.59 Å². The first kappa shape index (κ1) is 24.1. The maximum Gasteiger partial charge on any atom is 0.338 e. The van der Waals surface area contributed by atoms with E-state index in [1.54, 1.807) is 6.07 Å². The second-order valence-corrected chi connectivity index (χ2v) is 9.24. The fourth-order valence-electron chi connectivity index (χ4n) is 4.19. The van der Waals surface area contributed by atoms with Crippen molar-refractivity contribution in [2.45, 2.75) is 38.8 Å². The Labute approximate surface area is 208 Å². The zero-order chi connectivity index (χ0) is 24.2. The van der Waals surface area contributed by atoms with Crippen LogP contribution in [-0.2, 0) is 14.3 Å². The summed E-state index contributed by atoms with van der Waals surface area (Å²) in [5.41, 5.74) is 3.64. The van der Waals surface area contributed by atoms with E-state index >= 15 is 0 Å². The smallest absolute Gasteiger partial charge is 0.338 e. The number of nitrogens with zero attached hydrogens (tertiary/aromatic N) is 2. The van der Waals surface area contributed by atoms with Crippen molar-refractivity contribution in [1.82, 2.24) is 10.2 Å². The normalized spacial score (nSPS) is 18.1. The van der Waals surface area contributed by atoms with Crippen molar-refractivity contribution < 1.29 is 14.3 Å². The molecule has 0 unspecified atom stereocenters. The molecule has 0 radical (unpaired) electrons. The highest BCUT2D eigenvalue weighted by molar-refractivity contribution is 8.16. The first-order valence-corrected chi connectivity index (χ1v) is 12.3. The number of thioether (sulfide) groups is 1. The van der Waals surface area contributed by atoms with Crippen LogP contribution in [0.4, 0.5) is 0 Å². The summed E-state index contributed by atoms with van der Waals surface area (Å²) in [6, 6.07) is 16.6. The van der Waals surface area contributed by atoms with Gasteiger partial charge in [-0.15, -0.1) is 0 Å². The average molecular weight is 496 g/mol. The number of amides is 1. The molecule has 0 spiro atoms. The average Bonchev–Trinajstić information content (AvgIpc) is 3.25. The standard InChI is InChI=1S/C26H26ClN3O3S/c1-4-21-23(25(32)33-3)24(19-12-8-9-13-20(19)27)30-18(15-34-26(30)29-21)14-22(31)28-16(2)17-10-6-5-7-11-17/h5-13,15-16,24H,4,14H2,1-3H3,(H,28,31)/t16-,24-/m1/s1.